The van der Waals surface area contributed by atoms with Gasteiger partial charge in [-0.15, -0.1) is 0 Å². The highest BCUT2D eigenvalue weighted by atomic mass is 17.2. The maximum Gasteiger partial charge on any atom is 0.183 e. The number of para-hydroxylation sites is 1. The lowest BCUT2D eigenvalue weighted by molar-refractivity contribution is -0.280. The fraction of sp³-hybridized carbons (Fsp3) is 0.333. The molecule has 0 bridgehead atoms. The summed E-state index contributed by atoms with van der Waals surface area (Å²) in [6, 6.07) is 3.56. The van der Waals surface area contributed by atoms with E-state index in [1.165, 1.54) is 6.07 Å². The summed E-state index contributed by atoms with van der Waals surface area (Å²) in [4.78, 5) is 31.5. The molecule has 0 atom stereocenters. The van der Waals surface area contributed by atoms with Gasteiger partial charge in [0, 0.05) is 11.1 Å². The fourth-order valence-corrected chi connectivity index (χ4v) is 1.11. The number of aromatic carboxylic acids is 2. The molecular formula is C12H12O6-2. The van der Waals surface area contributed by atoms with Crippen molar-refractivity contribution in [2.75, 3.05) is 0 Å². The summed E-state index contributed by atoms with van der Waals surface area (Å²) in [6.45, 7) is 4.98. The van der Waals surface area contributed by atoms with Gasteiger partial charge in [-0.05, 0) is 32.9 Å². The Labute approximate surface area is 104 Å². The summed E-state index contributed by atoms with van der Waals surface area (Å²) in [5.74, 6) is -3.57. The Balaban J connectivity index is 3.19. The van der Waals surface area contributed by atoms with Gasteiger partial charge in [-0.1, -0.05) is 6.07 Å². The second kappa shape index (κ2) is 5.05. The largest absolute Gasteiger partial charge is 0.545 e. The lowest BCUT2D eigenvalue weighted by Crippen LogP contribution is -2.29. The minimum Gasteiger partial charge on any atom is -0.545 e. The van der Waals surface area contributed by atoms with Gasteiger partial charge in [0.1, 0.15) is 5.60 Å². The smallest absolute Gasteiger partial charge is 0.183 e. The summed E-state index contributed by atoms with van der Waals surface area (Å²) in [7, 11) is 0. The summed E-state index contributed by atoms with van der Waals surface area (Å²) < 4.78 is 0. The second-order valence-electron chi connectivity index (χ2n) is 4.54. The van der Waals surface area contributed by atoms with Crippen LogP contribution in [-0.4, -0.2) is 17.5 Å². The second-order valence-corrected chi connectivity index (χ2v) is 4.54. The Kier molecular flexibility index (Phi) is 3.93. The third-order valence-corrected chi connectivity index (χ3v) is 1.83. The molecule has 0 aromatic heterocycles. The van der Waals surface area contributed by atoms with Crippen molar-refractivity contribution in [1.82, 2.24) is 0 Å². The van der Waals surface area contributed by atoms with Crippen LogP contribution in [0.5, 0.6) is 5.75 Å². The van der Waals surface area contributed by atoms with Crippen LogP contribution in [0.1, 0.15) is 41.5 Å². The molecule has 1 rings (SSSR count). The van der Waals surface area contributed by atoms with Crippen LogP contribution in [0.4, 0.5) is 0 Å². The molecule has 0 heterocycles. The van der Waals surface area contributed by atoms with Gasteiger partial charge < -0.3 is 24.7 Å². The zero-order chi connectivity index (χ0) is 13.9. The van der Waals surface area contributed by atoms with Crippen LogP contribution in [-0.2, 0) is 4.89 Å². The van der Waals surface area contributed by atoms with E-state index in [1.807, 2.05) is 0 Å². The third kappa shape index (κ3) is 3.46. The van der Waals surface area contributed by atoms with Crippen molar-refractivity contribution in [3.05, 3.63) is 29.3 Å². The number of carboxylic acids is 2. The van der Waals surface area contributed by atoms with E-state index in [2.05, 4.69) is 0 Å². The first kappa shape index (κ1) is 14.0. The van der Waals surface area contributed by atoms with E-state index in [0.29, 0.717) is 0 Å². The molecule has 0 N–H and O–H groups in total. The minimum absolute atomic E-state index is 0.416. The third-order valence-electron chi connectivity index (χ3n) is 1.83. The van der Waals surface area contributed by atoms with Crippen LogP contribution in [0.25, 0.3) is 0 Å². The molecule has 18 heavy (non-hydrogen) atoms. The molecule has 0 amide bonds. The molecule has 0 spiro atoms. The van der Waals surface area contributed by atoms with Gasteiger partial charge in [0.25, 0.3) is 0 Å². The normalized spacial score (nSPS) is 11.1. The maximum absolute atomic E-state index is 10.9. The van der Waals surface area contributed by atoms with E-state index < -0.39 is 34.4 Å². The van der Waals surface area contributed by atoms with Gasteiger partial charge in [-0.2, -0.15) is 4.89 Å². The topological polar surface area (TPSA) is 98.7 Å². The first-order valence-electron chi connectivity index (χ1n) is 5.14. The van der Waals surface area contributed by atoms with Gasteiger partial charge in [0.15, 0.2) is 5.75 Å². The number of hydrogen-bond acceptors (Lipinski definition) is 6. The van der Waals surface area contributed by atoms with E-state index in [9.17, 15) is 19.8 Å². The SMILES string of the molecule is CC(C)(C)OOc1c(C(=O)[O-])cccc1C(=O)[O-]. The van der Waals surface area contributed by atoms with E-state index >= 15 is 0 Å². The molecule has 0 unspecified atom stereocenters. The molecule has 0 aliphatic rings. The molecule has 0 saturated carbocycles. The van der Waals surface area contributed by atoms with Gasteiger partial charge in [0.05, 0.1) is 11.9 Å². The first-order chi connectivity index (χ1) is 8.22. The van der Waals surface area contributed by atoms with Crippen LogP contribution in [0, 0.1) is 0 Å². The number of carbonyl (C=O) groups excluding carboxylic acids is 2. The van der Waals surface area contributed by atoms with Gasteiger partial charge >= 0.3 is 0 Å². The van der Waals surface area contributed by atoms with Crippen LogP contribution >= 0.6 is 0 Å². The molecule has 6 nitrogen and oxygen atoms in total. The van der Waals surface area contributed by atoms with Crippen molar-refractivity contribution >= 4 is 11.9 Å². The number of benzene rings is 1. The van der Waals surface area contributed by atoms with Crippen molar-refractivity contribution in [2.24, 2.45) is 0 Å². The average molecular weight is 252 g/mol. The Morgan fingerprint density at radius 3 is 1.83 bits per heavy atom. The summed E-state index contributed by atoms with van der Waals surface area (Å²) in [6.07, 6.45) is 0. The van der Waals surface area contributed by atoms with Crippen molar-refractivity contribution in [2.45, 2.75) is 26.4 Å². The number of hydrogen-bond donors (Lipinski definition) is 0. The van der Waals surface area contributed by atoms with Crippen LogP contribution in [0.2, 0.25) is 0 Å². The molecular weight excluding hydrogens is 240 g/mol. The van der Waals surface area contributed by atoms with Crippen molar-refractivity contribution in [3.63, 3.8) is 0 Å². The van der Waals surface area contributed by atoms with Crippen molar-refractivity contribution < 1.29 is 29.6 Å². The summed E-state index contributed by atoms with van der Waals surface area (Å²) in [5.41, 5.74) is -1.57. The molecule has 1 aromatic carbocycles. The van der Waals surface area contributed by atoms with Gasteiger partial charge in [0.2, 0.25) is 0 Å². The maximum atomic E-state index is 10.9. The van der Waals surface area contributed by atoms with E-state index in [1.54, 1.807) is 20.8 Å². The quantitative estimate of drug-likeness (QED) is 0.530. The Morgan fingerprint density at radius 2 is 1.50 bits per heavy atom. The molecule has 98 valence electrons. The Hall–Kier alpha value is -2.08. The average Bonchev–Trinajstić information content (AvgIpc) is 2.24. The fourth-order valence-electron chi connectivity index (χ4n) is 1.11. The van der Waals surface area contributed by atoms with Crippen molar-refractivity contribution in [1.29, 1.82) is 0 Å². The van der Waals surface area contributed by atoms with Crippen LogP contribution in [0.3, 0.4) is 0 Å². The van der Waals surface area contributed by atoms with E-state index in [-0.39, 0.29) is 0 Å². The zero-order valence-corrected chi connectivity index (χ0v) is 10.2. The van der Waals surface area contributed by atoms with Crippen LogP contribution < -0.4 is 15.1 Å². The van der Waals surface area contributed by atoms with Gasteiger partial charge in [-0.3, -0.25) is 0 Å². The molecule has 6 heteroatoms. The molecule has 0 aliphatic carbocycles. The highest BCUT2D eigenvalue weighted by molar-refractivity contribution is 5.97. The van der Waals surface area contributed by atoms with E-state index in [4.69, 9.17) is 9.78 Å². The molecule has 0 aliphatic heterocycles. The lowest BCUT2D eigenvalue weighted by atomic mass is 10.1. The first-order valence-corrected chi connectivity index (χ1v) is 5.14. The molecule has 0 radical (unpaired) electrons. The molecule has 0 fully saturated rings. The number of carboxylic acid groups (broad SMARTS) is 2. The number of rotatable bonds is 4. The highest BCUT2D eigenvalue weighted by Crippen LogP contribution is 2.25. The monoisotopic (exact) mass is 252 g/mol. The predicted molar refractivity (Wildman–Crippen MR) is 56.6 cm³/mol. The Morgan fingerprint density at radius 1 is 1.06 bits per heavy atom. The lowest BCUT2D eigenvalue weighted by Gasteiger charge is -2.21. The van der Waals surface area contributed by atoms with E-state index in [0.717, 1.165) is 12.1 Å². The Bertz CT molecular complexity index is 440. The standard InChI is InChI=1S/C12H14O6/c1-12(2,3)18-17-9-7(10(13)14)5-4-6-8(9)11(15)16/h4-6H,1-3H3,(H,13,14)(H,15,16)/p-2. The summed E-state index contributed by atoms with van der Waals surface area (Å²) in [5, 5.41) is 21.7. The van der Waals surface area contributed by atoms with Crippen LogP contribution in [0.15, 0.2) is 18.2 Å². The summed E-state index contributed by atoms with van der Waals surface area (Å²) >= 11 is 0. The molecule has 1 aromatic rings. The van der Waals surface area contributed by atoms with Gasteiger partial charge in [-0.25, -0.2) is 0 Å². The predicted octanol–water partition coefficient (Wildman–Crippen LogP) is -0.478. The molecule has 0 saturated heterocycles. The zero-order valence-electron chi connectivity index (χ0n) is 10.2. The van der Waals surface area contributed by atoms with Crippen molar-refractivity contribution in [3.8, 4) is 5.75 Å². The minimum atomic E-state index is -1.56. The highest BCUT2D eigenvalue weighted by Gasteiger charge is 2.18. The number of carbonyl (C=O) groups is 2.